The van der Waals surface area contributed by atoms with Gasteiger partial charge >= 0.3 is 5.69 Å². The molecule has 2 N–H and O–H groups in total. The van der Waals surface area contributed by atoms with Crippen LogP contribution in [0, 0.1) is 13.8 Å². The van der Waals surface area contributed by atoms with Gasteiger partial charge in [-0.15, -0.1) is 10.2 Å². The number of rotatable bonds is 4. The Morgan fingerprint density at radius 2 is 1.85 bits per heavy atom. The number of amides is 1. The molecule has 0 unspecified atom stereocenters. The molecule has 0 spiro atoms. The first-order valence-corrected chi connectivity index (χ1v) is 11.2. The minimum Gasteiger partial charge on any atom is -0.322 e. The highest BCUT2D eigenvalue weighted by molar-refractivity contribution is 6.05. The second-order valence-electron chi connectivity index (χ2n) is 8.50. The van der Waals surface area contributed by atoms with Crippen LogP contribution >= 0.6 is 0 Å². The SMILES string of the molecule is Cc1ccc(-c2nnc3n2CCCCC3)cc1NC(=O)c1ccc(-n2c(C)c[nH]c2=O)cc1. The molecule has 8 heteroatoms. The van der Waals surface area contributed by atoms with Gasteiger partial charge in [0.25, 0.3) is 5.91 Å². The summed E-state index contributed by atoms with van der Waals surface area (Å²) in [6.45, 7) is 4.74. The van der Waals surface area contributed by atoms with Crippen molar-refractivity contribution in [3.8, 4) is 17.1 Å². The molecule has 0 fully saturated rings. The summed E-state index contributed by atoms with van der Waals surface area (Å²) in [4.78, 5) is 27.6. The number of aromatic nitrogens is 5. The van der Waals surface area contributed by atoms with Crippen LogP contribution in [0.2, 0.25) is 0 Å². The zero-order chi connectivity index (χ0) is 22.9. The molecule has 0 radical (unpaired) electrons. The molecular formula is C25H26N6O2. The molecule has 1 amide bonds. The second kappa shape index (κ2) is 8.54. The van der Waals surface area contributed by atoms with Gasteiger partial charge in [-0.2, -0.15) is 0 Å². The number of aromatic amines is 1. The number of benzene rings is 2. The lowest BCUT2D eigenvalue weighted by Crippen LogP contribution is -2.16. The van der Waals surface area contributed by atoms with Gasteiger partial charge in [0, 0.05) is 41.7 Å². The van der Waals surface area contributed by atoms with E-state index in [2.05, 4.69) is 25.1 Å². The number of carbonyl (C=O) groups excluding carboxylic acids is 1. The molecule has 0 atom stereocenters. The van der Waals surface area contributed by atoms with E-state index in [1.165, 1.54) is 6.42 Å². The molecule has 3 heterocycles. The lowest BCUT2D eigenvalue weighted by Gasteiger charge is -2.12. The van der Waals surface area contributed by atoms with Gasteiger partial charge in [0.15, 0.2) is 5.82 Å². The fourth-order valence-corrected chi connectivity index (χ4v) is 4.33. The van der Waals surface area contributed by atoms with Crippen molar-refractivity contribution < 1.29 is 4.79 Å². The third-order valence-electron chi connectivity index (χ3n) is 6.20. The highest BCUT2D eigenvalue weighted by Crippen LogP contribution is 2.27. The number of hydrogen-bond acceptors (Lipinski definition) is 4. The van der Waals surface area contributed by atoms with E-state index >= 15 is 0 Å². The average Bonchev–Trinajstić information content (AvgIpc) is 3.28. The molecule has 5 rings (SSSR count). The van der Waals surface area contributed by atoms with Crippen molar-refractivity contribution in [3.05, 3.63) is 81.8 Å². The van der Waals surface area contributed by atoms with Crippen LogP contribution in [0.1, 0.15) is 46.7 Å². The first kappa shape index (κ1) is 20.9. The maximum Gasteiger partial charge on any atom is 0.330 e. The minimum atomic E-state index is -0.208. The standard InChI is InChI=1S/C25H26N6O2/c1-16-7-8-19(23-29-28-22-6-4-3-5-13-30(22)23)14-21(16)27-24(32)18-9-11-20(12-10-18)31-17(2)15-26-25(31)33/h7-12,14-15H,3-6,13H2,1-2H3,(H,26,33)(H,27,32). The van der Waals surface area contributed by atoms with Gasteiger partial charge in [-0.3, -0.25) is 9.36 Å². The van der Waals surface area contributed by atoms with Crippen LogP contribution in [0.5, 0.6) is 0 Å². The Hall–Kier alpha value is -3.94. The number of hydrogen-bond donors (Lipinski definition) is 2. The lowest BCUT2D eigenvalue weighted by atomic mass is 10.1. The van der Waals surface area contributed by atoms with Gasteiger partial charge in [0.1, 0.15) is 5.82 Å². The number of fused-ring (bicyclic) bond motifs is 1. The molecule has 1 aliphatic rings. The van der Waals surface area contributed by atoms with Crippen molar-refractivity contribution in [2.45, 2.75) is 46.1 Å². The highest BCUT2D eigenvalue weighted by atomic mass is 16.2. The number of anilines is 1. The zero-order valence-corrected chi connectivity index (χ0v) is 18.8. The summed E-state index contributed by atoms with van der Waals surface area (Å²) in [6.07, 6.45) is 6.08. The van der Waals surface area contributed by atoms with Crippen molar-refractivity contribution in [1.29, 1.82) is 0 Å². The molecular weight excluding hydrogens is 416 g/mol. The van der Waals surface area contributed by atoms with Crippen LogP contribution in [0.3, 0.4) is 0 Å². The van der Waals surface area contributed by atoms with Gasteiger partial charge < -0.3 is 14.9 Å². The van der Waals surface area contributed by atoms with Crippen LogP contribution in [-0.4, -0.2) is 30.2 Å². The van der Waals surface area contributed by atoms with Crippen molar-refractivity contribution in [2.24, 2.45) is 0 Å². The number of carbonyl (C=O) groups is 1. The summed E-state index contributed by atoms with van der Waals surface area (Å²) >= 11 is 0. The summed E-state index contributed by atoms with van der Waals surface area (Å²) in [7, 11) is 0. The number of imidazole rings is 1. The topological polar surface area (TPSA) is 97.6 Å². The monoisotopic (exact) mass is 442 g/mol. The Morgan fingerprint density at radius 1 is 1.03 bits per heavy atom. The van der Waals surface area contributed by atoms with Gasteiger partial charge in [-0.25, -0.2) is 4.79 Å². The molecule has 0 bridgehead atoms. The third-order valence-corrected chi connectivity index (χ3v) is 6.20. The van der Waals surface area contributed by atoms with E-state index in [1.54, 1.807) is 35.0 Å². The van der Waals surface area contributed by atoms with E-state index < -0.39 is 0 Å². The molecule has 0 saturated heterocycles. The molecule has 2 aromatic heterocycles. The van der Waals surface area contributed by atoms with Crippen LogP contribution in [0.25, 0.3) is 17.1 Å². The summed E-state index contributed by atoms with van der Waals surface area (Å²) < 4.78 is 3.77. The minimum absolute atomic E-state index is 0.205. The molecule has 1 aliphatic heterocycles. The Morgan fingerprint density at radius 3 is 2.61 bits per heavy atom. The molecule has 168 valence electrons. The number of nitrogens with zero attached hydrogens (tertiary/aromatic N) is 4. The van der Waals surface area contributed by atoms with Gasteiger partial charge in [0.05, 0.1) is 5.69 Å². The normalized spacial score (nSPS) is 13.4. The molecule has 8 nitrogen and oxygen atoms in total. The summed E-state index contributed by atoms with van der Waals surface area (Å²) in [5.41, 5.74) is 4.47. The summed E-state index contributed by atoms with van der Waals surface area (Å²) in [6, 6.07) is 13.0. The maximum absolute atomic E-state index is 13.0. The van der Waals surface area contributed by atoms with Crippen molar-refractivity contribution in [3.63, 3.8) is 0 Å². The van der Waals surface area contributed by atoms with E-state index in [0.717, 1.165) is 60.0 Å². The fourth-order valence-electron chi connectivity index (χ4n) is 4.33. The average molecular weight is 443 g/mol. The first-order chi connectivity index (χ1) is 16.0. The quantitative estimate of drug-likeness (QED) is 0.499. The third kappa shape index (κ3) is 4.00. The highest BCUT2D eigenvalue weighted by Gasteiger charge is 2.17. The van der Waals surface area contributed by atoms with E-state index in [9.17, 15) is 9.59 Å². The van der Waals surface area contributed by atoms with Crippen molar-refractivity contribution in [2.75, 3.05) is 5.32 Å². The van der Waals surface area contributed by atoms with E-state index in [0.29, 0.717) is 11.3 Å². The first-order valence-electron chi connectivity index (χ1n) is 11.2. The van der Waals surface area contributed by atoms with E-state index in [4.69, 9.17) is 0 Å². The van der Waals surface area contributed by atoms with Crippen LogP contribution in [0.4, 0.5) is 5.69 Å². The van der Waals surface area contributed by atoms with Crippen molar-refractivity contribution in [1.82, 2.24) is 24.3 Å². The van der Waals surface area contributed by atoms with Crippen LogP contribution < -0.4 is 11.0 Å². The summed E-state index contributed by atoms with van der Waals surface area (Å²) in [5, 5.41) is 11.9. The predicted molar refractivity (Wildman–Crippen MR) is 127 cm³/mol. The Labute approximate surface area is 191 Å². The predicted octanol–water partition coefficient (Wildman–Crippen LogP) is 4.02. The molecule has 0 aliphatic carbocycles. The molecule has 4 aromatic rings. The van der Waals surface area contributed by atoms with Crippen LogP contribution in [0.15, 0.2) is 53.5 Å². The Kier molecular flexibility index (Phi) is 5.42. The maximum atomic E-state index is 13.0. The largest absolute Gasteiger partial charge is 0.330 e. The van der Waals surface area contributed by atoms with Crippen molar-refractivity contribution >= 4 is 11.6 Å². The van der Waals surface area contributed by atoms with Gasteiger partial charge in [0.2, 0.25) is 0 Å². The molecule has 2 aromatic carbocycles. The van der Waals surface area contributed by atoms with Gasteiger partial charge in [-0.1, -0.05) is 18.6 Å². The Balaban J connectivity index is 1.39. The fraction of sp³-hybridized carbons (Fsp3) is 0.280. The number of aryl methyl sites for hydroxylation is 3. The zero-order valence-electron chi connectivity index (χ0n) is 18.8. The van der Waals surface area contributed by atoms with E-state index in [-0.39, 0.29) is 11.6 Å². The smallest absolute Gasteiger partial charge is 0.322 e. The van der Waals surface area contributed by atoms with Crippen LogP contribution in [-0.2, 0) is 13.0 Å². The Bertz CT molecular complexity index is 1380. The molecule has 33 heavy (non-hydrogen) atoms. The van der Waals surface area contributed by atoms with E-state index in [1.807, 2.05) is 32.0 Å². The van der Waals surface area contributed by atoms with Gasteiger partial charge in [-0.05, 0) is 62.6 Å². The molecule has 0 saturated carbocycles. The lowest BCUT2D eigenvalue weighted by molar-refractivity contribution is 0.102. The number of H-pyrrole nitrogens is 1. The number of nitrogens with one attached hydrogen (secondary N) is 2. The summed E-state index contributed by atoms with van der Waals surface area (Å²) in [5.74, 6) is 1.67. The second-order valence-corrected chi connectivity index (χ2v) is 8.50.